The molecule has 0 unspecified atom stereocenters. The first-order valence-electron chi connectivity index (χ1n) is 10.9. The van der Waals surface area contributed by atoms with E-state index >= 15 is 4.39 Å². The van der Waals surface area contributed by atoms with Crippen molar-refractivity contribution in [2.45, 2.75) is 6.92 Å². The predicted octanol–water partition coefficient (Wildman–Crippen LogP) is 4.97. The number of aromatic amines is 1. The van der Waals surface area contributed by atoms with Crippen LogP contribution in [-0.4, -0.2) is 53.1 Å². The molecule has 5 rings (SSSR count). The van der Waals surface area contributed by atoms with Gasteiger partial charge in [0.05, 0.1) is 5.52 Å². The summed E-state index contributed by atoms with van der Waals surface area (Å²) in [6.07, 6.45) is 1.10. The Labute approximate surface area is 194 Å². The van der Waals surface area contributed by atoms with Gasteiger partial charge in [0.15, 0.2) is 23.2 Å². The number of likely N-dealkylation sites (N-methyl/N-ethyl adjacent to an activating group) is 1. The van der Waals surface area contributed by atoms with Crippen molar-refractivity contribution in [2.24, 2.45) is 0 Å². The Morgan fingerprint density at radius 2 is 1.79 bits per heavy atom. The van der Waals surface area contributed by atoms with Crippen molar-refractivity contribution >= 4 is 28.1 Å². The molecule has 3 heterocycles. The fraction of sp³-hybridized carbons (Fsp3) is 0.250. The molecule has 2 N–H and O–H groups in total. The van der Waals surface area contributed by atoms with E-state index in [9.17, 15) is 8.78 Å². The number of hydrogen-bond acceptors (Lipinski definition) is 6. The Hall–Kier alpha value is -3.79. The van der Waals surface area contributed by atoms with Gasteiger partial charge in [-0.2, -0.15) is 9.37 Å². The van der Waals surface area contributed by atoms with Crippen molar-refractivity contribution in [1.29, 1.82) is 0 Å². The summed E-state index contributed by atoms with van der Waals surface area (Å²) in [5, 5.41) is 2.94. The van der Waals surface area contributed by atoms with Gasteiger partial charge in [-0.15, -0.1) is 0 Å². The zero-order valence-corrected chi connectivity index (χ0v) is 18.7. The molecule has 0 bridgehead atoms. The lowest BCUT2D eigenvalue weighted by Crippen LogP contribution is -2.44. The molecular weight excluding hydrogens is 445 g/mol. The number of benzene rings is 2. The van der Waals surface area contributed by atoms with Crippen LogP contribution in [-0.2, 0) is 0 Å². The smallest absolute Gasteiger partial charge is 0.261 e. The molecule has 1 aliphatic rings. The molecule has 2 aromatic heterocycles. The highest BCUT2D eigenvalue weighted by molar-refractivity contribution is 5.83. The van der Waals surface area contributed by atoms with Gasteiger partial charge in [-0.05, 0) is 38.2 Å². The number of hydrogen-bond donors (Lipinski definition) is 2. The van der Waals surface area contributed by atoms with E-state index in [0.717, 1.165) is 44.3 Å². The molecule has 2 aromatic carbocycles. The number of ether oxygens (including phenoxy) is 1. The Bertz CT molecular complexity index is 1350. The molecule has 34 heavy (non-hydrogen) atoms. The van der Waals surface area contributed by atoms with E-state index in [-0.39, 0.29) is 16.7 Å². The predicted molar refractivity (Wildman–Crippen MR) is 124 cm³/mol. The number of nitrogens with one attached hydrogen (secondary N) is 2. The molecule has 0 spiro atoms. The third-order valence-electron chi connectivity index (χ3n) is 5.84. The van der Waals surface area contributed by atoms with Gasteiger partial charge in [-0.25, -0.2) is 13.8 Å². The molecule has 1 saturated heterocycles. The van der Waals surface area contributed by atoms with Crippen LogP contribution in [0.15, 0.2) is 42.7 Å². The Morgan fingerprint density at radius 3 is 2.59 bits per heavy atom. The minimum atomic E-state index is -0.919. The van der Waals surface area contributed by atoms with Crippen LogP contribution in [0.1, 0.15) is 5.69 Å². The largest absolute Gasteiger partial charge is 0.433 e. The third-order valence-corrected chi connectivity index (χ3v) is 5.84. The topological polar surface area (TPSA) is 69.3 Å². The maximum Gasteiger partial charge on any atom is 0.261 e. The monoisotopic (exact) mass is 468 g/mol. The van der Waals surface area contributed by atoms with E-state index in [1.54, 1.807) is 13.0 Å². The van der Waals surface area contributed by atoms with Gasteiger partial charge >= 0.3 is 0 Å². The van der Waals surface area contributed by atoms with Crippen molar-refractivity contribution in [1.82, 2.24) is 19.9 Å². The second-order valence-corrected chi connectivity index (χ2v) is 8.32. The van der Waals surface area contributed by atoms with Crippen LogP contribution < -0.4 is 15.0 Å². The van der Waals surface area contributed by atoms with Gasteiger partial charge in [0.25, 0.3) is 5.88 Å². The Balaban J connectivity index is 1.39. The summed E-state index contributed by atoms with van der Waals surface area (Å²) in [6.45, 7) is 5.40. The van der Waals surface area contributed by atoms with Crippen LogP contribution in [0.25, 0.3) is 10.9 Å². The van der Waals surface area contributed by atoms with Gasteiger partial charge in [0.1, 0.15) is 6.33 Å². The molecule has 0 amide bonds. The molecule has 0 saturated carbocycles. The summed E-state index contributed by atoms with van der Waals surface area (Å²) in [5.41, 5.74) is 2.25. The molecular formula is C24H23F3N6O. The quantitative estimate of drug-likeness (QED) is 0.431. The van der Waals surface area contributed by atoms with Crippen molar-refractivity contribution in [2.75, 3.05) is 43.4 Å². The van der Waals surface area contributed by atoms with Crippen LogP contribution in [0.5, 0.6) is 11.6 Å². The molecule has 4 aromatic rings. The summed E-state index contributed by atoms with van der Waals surface area (Å²) < 4.78 is 49.8. The maximum atomic E-state index is 15.1. The molecule has 0 aliphatic carbocycles. The number of rotatable bonds is 5. The van der Waals surface area contributed by atoms with Gasteiger partial charge < -0.3 is 24.8 Å². The Kier molecular flexibility index (Phi) is 5.74. The number of H-pyrrole nitrogens is 1. The fourth-order valence-electron chi connectivity index (χ4n) is 4.01. The van der Waals surface area contributed by atoms with Gasteiger partial charge in [-0.1, -0.05) is 6.07 Å². The fourth-order valence-corrected chi connectivity index (χ4v) is 4.01. The number of aryl methyl sites for hydroxylation is 1. The lowest BCUT2D eigenvalue weighted by molar-refractivity contribution is 0.313. The SMILES string of the molecule is Cc1cc2c(F)c(Oc3ncnc(Nc4cccc(N5CCN(C)CC5)c4)c3F)cc(F)c2[nH]1. The van der Waals surface area contributed by atoms with Crippen LogP contribution in [0.2, 0.25) is 0 Å². The van der Waals surface area contributed by atoms with Gasteiger partial charge in [0, 0.05) is 54.7 Å². The number of anilines is 3. The Morgan fingerprint density at radius 1 is 1.00 bits per heavy atom. The lowest BCUT2D eigenvalue weighted by Gasteiger charge is -2.34. The molecule has 1 fully saturated rings. The van der Waals surface area contributed by atoms with Crippen LogP contribution in [0.4, 0.5) is 30.4 Å². The van der Waals surface area contributed by atoms with Gasteiger partial charge in [-0.3, -0.25) is 0 Å². The first-order chi connectivity index (χ1) is 16.4. The van der Waals surface area contributed by atoms with Crippen LogP contribution in [0, 0.1) is 24.4 Å². The highest BCUT2D eigenvalue weighted by Gasteiger charge is 2.20. The molecule has 176 valence electrons. The van der Waals surface area contributed by atoms with Crippen LogP contribution >= 0.6 is 0 Å². The summed E-state index contributed by atoms with van der Waals surface area (Å²) in [4.78, 5) is 15.0. The number of piperazine rings is 1. The summed E-state index contributed by atoms with van der Waals surface area (Å²) >= 11 is 0. The zero-order valence-electron chi connectivity index (χ0n) is 18.7. The third kappa shape index (κ3) is 4.24. The van der Waals surface area contributed by atoms with E-state index < -0.39 is 29.1 Å². The van der Waals surface area contributed by atoms with Gasteiger partial charge in [0.2, 0.25) is 5.82 Å². The van der Waals surface area contributed by atoms with Crippen molar-refractivity contribution in [3.05, 3.63) is 65.9 Å². The molecule has 10 heteroatoms. The van der Waals surface area contributed by atoms with E-state index in [1.165, 1.54) is 6.07 Å². The number of fused-ring (bicyclic) bond motifs is 1. The summed E-state index contributed by atoms with van der Waals surface area (Å²) in [5.74, 6) is -3.57. The normalized spacial score (nSPS) is 14.6. The van der Waals surface area contributed by atoms with E-state index in [1.807, 2.05) is 18.2 Å². The second-order valence-electron chi connectivity index (χ2n) is 8.32. The maximum absolute atomic E-state index is 15.1. The average Bonchev–Trinajstić information content (AvgIpc) is 3.23. The highest BCUT2D eigenvalue weighted by atomic mass is 19.1. The zero-order chi connectivity index (χ0) is 23.8. The van der Waals surface area contributed by atoms with E-state index in [4.69, 9.17) is 4.74 Å². The minimum Gasteiger partial charge on any atom is -0.433 e. The molecule has 0 atom stereocenters. The summed E-state index contributed by atoms with van der Waals surface area (Å²) in [7, 11) is 2.09. The molecule has 7 nitrogen and oxygen atoms in total. The van der Waals surface area contributed by atoms with Crippen molar-refractivity contribution in [3.63, 3.8) is 0 Å². The van der Waals surface area contributed by atoms with Crippen molar-refractivity contribution < 1.29 is 17.9 Å². The second kappa shape index (κ2) is 8.86. The average molecular weight is 468 g/mol. The van der Waals surface area contributed by atoms with Crippen molar-refractivity contribution in [3.8, 4) is 11.6 Å². The lowest BCUT2D eigenvalue weighted by atomic mass is 10.2. The standard InChI is InChI=1S/C24H23F3N6O/c1-14-10-17-20(26)19(12-18(25)22(17)30-14)34-24-21(27)23(28-13-29-24)31-15-4-3-5-16(11-15)33-8-6-32(2)7-9-33/h3-5,10-13,30H,6-9H2,1-2H3,(H,28,29,31). The van der Waals surface area contributed by atoms with E-state index in [0.29, 0.717) is 11.4 Å². The molecule has 1 aliphatic heterocycles. The van der Waals surface area contributed by atoms with E-state index in [2.05, 4.69) is 37.1 Å². The highest BCUT2D eigenvalue weighted by Crippen LogP contribution is 2.34. The van der Waals surface area contributed by atoms with Crippen LogP contribution in [0.3, 0.4) is 0 Å². The summed E-state index contributed by atoms with van der Waals surface area (Å²) in [6, 6.07) is 9.89. The molecule has 0 radical (unpaired) electrons. The number of aromatic nitrogens is 3. The first kappa shape index (κ1) is 22.0. The first-order valence-corrected chi connectivity index (χ1v) is 10.9. The minimum absolute atomic E-state index is 0.0148. The number of nitrogens with zero attached hydrogens (tertiary/aromatic N) is 4. The number of halogens is 3.